The van der Waals surface area contributed by atoms with Gasteiger partial charge < -0.3 is 10.3 Å². The summed E-state index contributed by atoms with van der Waals surface area (Å²) in [6, 6.07) is 8.54. The van der Waals surface area contributed by atoms with Gasteiger partial charge in [0.25, 0.3) is 0 Å². The maximum absolute atomic E-state index is 5.93. The van der Waals surface area contributed by atoms with Crippen LogP contribution in [0.4, 0.5) is 0 Å². The SMILES string of the molecule is CN(Cc1c(CN)sc2ccccc12)Cc1nccn1C. The Hall–Kier alpha value is -1.69. The highest BCUT2D eigenvalue weighted by Gasteiger charge is 2.13. The van der Waals surface area contributed by atoms with Crippen molar-refractivity contribution in [3.63, 3.8) is 0 Å². The van der Waals surface area contributed by atoms with E-state index in [1.54, 1.807) is 11.3 Å². The molecule has 0 fully saturated rings. The van der Waals surface area contributed by atoms with Gasteiger partial charge in [0.15, 0.2) is 0 Å². The van der Waals surface area contributed by atoms with Gasteiger partial charge in [-0.1, -0.05) is 18.2 Å². The van der Waals surface area contributed by atoms with Crippen LogP contribution in [0.1, 0.15) is 16.3 Å². The lowest BCUT2D eigenvalue weighted by molar-refractivity contribution is 0.308. The van der Waals surface area contributed by atoms with E-state index in [0.717, 1.165) is 18.9 Å². The number of nitrogens with zero attached hydrogens (tertiary/aromatic N) is 3. The van der Waals surface area contributed by atoms with Crippen molar-refractivity contribution in [2.24, 2.45) is 12.8 Å². The third-order valence-electron chi connectivity index (χ3n) is 3.73. The van der Waals surface area contributed by atoms with Crippen molar-refractivity contribution in [3.05, 3.63) is 52.9 Å². The molecule has 3 aromatic rings. The molecule has 0 spiro atoms. The lowest BCUT2D eigenvalue weighted by Crippen LogP contribution is -2.20. The maximum atomic E-state index is 5.93. The summed E-state index contributed by atoms with van der Waals surface area (Å²) in [5, 5.41) is 1.33. The fraction of sp³-hybridized carbons (Fsp3) is 0.312. The molecule has 1 aromatic carbocycles. The van der Waals surface area contributed by atoms with Crippen LogP contribution in [0.25, 0.3) is 10.1 Å². The zero-order valence-electron chi connectivity index (χ0n) is 12.4. The largest absolute Gasteiger partial charge is 0.337 e. The molecule has 0 aliphatic heterocycles. The minimum atomic E-state index is 0.602. The molecule has 0 saturated carbocycles. The quantitative estimate of drug-likeness (QED) is 0.788. The van der Waals surface area contributed by atoms with Gasteiger partial charge in [0, 0.05) is 42.1 Å². The molecule has 3 rings (SSSR count). The first-order valence-corrected chi connectivity index (χ1v) is 7.84. The summed E-state index contributed by atoms with van der Waals surface area (Å²) < 4.78 is 3.38. The van der Waals surface area contributed by atoms with Crippen molar-refractivity contribution in [1.29, 1.82) is 0 Å². The summed E-state index contributed by atoms with van der Waals surface area (Å²) in [5.41, 5.74) is 7.28. The van der Waals surface area contributed by atoms with Crippen LogP contribution in [0.2, 0.25) is 0 Å². The molecule has 0 saturated heterocycles. The van der Waals surface area contributed by atoms with Crippen molar-refractivity contribution >= 4 is 21.4 Å². The molecule has 0 unspecified atom stereocenters. The van der Waals surface area contributed by atoms with Crippen LogP contribution in [-0.2, 0) is 26.7 Å². The fourth-order valence-electron chi connectivity index (χ4n) is 2.60. The van der Waals surface area contributed by atoms with E-state index in [0.29, 0.717) is 6.54 Å². The molecule has 110 valence electrons. The van der Waals surface area contributed by atoms with Crippen LogP contribution < -0.4 is 5.73 Å². The summed E-state index contributed by atoms with van der Waals surface area (Å²) in [6.07, 6.45) is 3.82. The Labute approximate surface area is 128 Å². The average molecular weight is 300 g/mol. The molecule has 0 atom stereocenters. The number of rotatable bonds is 5. The summed E-state index contributed by atoms with van der Waals surface area (Å²) in [4.78, 5) is 7.96. The number of imidazole rings is 1. The molecule has 0 amide bonds. The zero-order chi connectivity index (χ0) is 14.8. The van der Waals surface area contributed by atoms with Crippen molar-refractivity contribution in [2.75, 3.05) is 7.05 Å². The van der Waals surface area contributed by atoms with Gasteiger partial charge in [-0.3, -0.25) is 4.90 Å². The molecule has 2 N–H and O–H groups in total. The maximum Gasteiger partial charge on any atom is 0.122 e. The zero-order valence-corrected chi connectivity index (χ0v) is 13.2. The van der Waals surface area contributed by atoms with Gasteiger partial charge in [-0.15, -0.1) is 11.3 Å². The van der Waals surface area contributed by atoms with Gasteiger partial charge in [0.05, 0.1) is 6.54 Å². The topological polar surface area (TPSA) is 47.1 Å². The second-order valence-corrected chi connectivity index (χ2v) is 6.47. The number of hydrogen-bond donors (Lipinski definition) is 1. The van der Waals surface area contributed by atoms with E-state index in [4.69, 9.17) is 5.73 Å². The van der Waals surface area contributed by atoms with E-state index in [1.807, 2.05) is 19.4 Å². The molecular weight excluding hydrogens is 280 g/mol. The fourth-order valence-corrected chi connectivity index (χ4v) is 3.70. The Morgan fingerprint density at radius 2 is 2.10 bits per heavy atom. The Balaban J connectivity index is 1.85. The minimum absolute atomic E-state index is 0.602. The smallest absolute Gasteiger partial charge is 0.122 e. The molecule has 0 aliphatic carbocycles. The normalized spacial score (nSPS) is 11.6. The van der Waals surface area contributed by atoms with Gasteiger partial charge >= 0.3 is 0 Å². The van der Waals surface area contributed by atoms with E-state index in [2.05, 4.69) is 45.8 Å². The Kier molecular flexibility index (Phi) is 4.05. The second-order valence-electron chi connectivity index (χ2n) is 5.33. The lowest BCUT2D eigenvalue weighted by atomic mass is 10.1. The second kappa shape index (κ2) is 5.97. The lowest BCUT2D eigenvalue weighted by Gasteiger charge is -2.17. The number of fused-ring (bicyclic) bond motifs is 1. The first kappa shape index (κ1) is 14.3. The number of hydrogen-bond acceptors (Lipinski definition) is 4. The van der Waals surface area contributed by atoms with Crippen LogP contribution >= 0.6 is 11.3 Å². The van der Waals surface area contributed by atoms with Crippen molar-refractivity contribution < 1.29 is 0 Å². The van der Waals surface area contributed by atoms with Crippen molar-refractivity contribution in [2.45, 2.75) is 19.6 Å². The highest BCUT2D eigenvalue weighted by Crippen LogP contribution is 2.31. The molecule has 21 heavy (non-hydrogen) atoms. The van der Waals surface area contributed by atoms with Crippen molar-refractivity contribution in [3.8, 4) is 0 Å². The van der Waals surface area contributed by atoms with E-state index in [-0.39, 0.29) is 0 Å². The number of nitrogens with two attached hydrogens (primary N) is 1. The predicted octanol–water partition coefficient (Wildman–Crippen LogP) is 2.73. The summed E-state index contributed by atoms with van der Waals surface area (Å²) in [7, 11) is 4.16. The predicted molar refractivity (Wildman–Crippen MR) is 88.1 cm³/mol. The first-order valence-electron chi connectivity index (χ1n) is 7.03. The molecule has 2 aromatic heterocycles. The monoisotopic (exact) mass is 300 g/mol. The van der Waals surface area contributed by atoms with Gasteiger partial charge in [0.2, 0.25) is 0 Å². The van der Waals surface area contributed by atoms with E-state index < -0.39 is 0 Å². The highest BCUT2D eigenvalue weighted by atomic mass is 32.1. The van der Waals surface area contributed by atoms with Gasteiger partial charge in [0.1, 0.15) is 5.82 Å². The number of aromatic nitrogens is 2. The molecule has 0 aliphatic rings. The first-order chi connectivity index (χ1) is 10.2. The van der Waals surface area contributed by atoms with Gasteiger partial charge in [-0.2, -0.15) is 0 Å². The average Bonchev–Trinajstić information content (AvgIpc) is 3.04. The van der Waals surface area contributed by atoms with Gasteiger partial charge in [-0.05, 0) is 24.1 Å². The van der Waals surface area contributed by atoms with E-state index in [9.17, 15) is 0 Å². The van der Waals surface area contributed by atoms with Gasteiger partial charge in [-0.25, -0.2) is 4.98 Å². The highest BCUT2D eigenvalue weighted by molar-refractivity contribution is 7.19. The molecule has 2 heterocycles. The van der Waals surface area contributed by atoms with E-state index >= 15 is 0 Å². The number of thiophene rings is 1. The third-order valence-corrected chi connectivity index (χ3v) is 4.96. The summed E-state index contributed by atoms with van der Waals surface area (Å²) >= 11 is 1.80. The molecule has 0 bridgehead atoms. The van der Waals surface area contributed by atoms with Crippen molar-refractivity contribution in [1.82, 2.24) is 14.5 Å². The third kappa shape index (κ3) is 2.85. The molecule has 5 heteroatoms. The summed E-state index contributed by atoms with van der Waals surface area (Å²) in [6.45, 7) is 2.33. The van der Waals surface area contributed by atoms with E-state index in [1.165, 1.54) is 20.5 Å². The van der Waals surface area contributed by atoms with Crippen LogP contribution in [0.3, 0.4) is 0 Å². The standard InChI is InChI=1S/C16H20N4S/c1-19(11-16-18-7-8-20(16)2)10-13-12-5-3-4-6-14(12)21-15(13)9-17/h3-8H,9-11,17H2,1-2H3. The van der Waals surface area contributed by atoms with Crippen LogP contribution in [0.15, 0.2) is 36.7 Å². The number of aryl methyl sites for hydroxylation is 1. The molecule has 4 nitrogen and oxygen atoms in total. The van der Waals surface area contributed by atoms with Crippen LogP contribution in [-0.4, -0.2) is 21.5 Å². The Morgan fingerprint density at radius 3 is 2.81 bits per heavy atom. The minimum Gasteiger partial charge on any atom is -0.337 e. The van der Waals surface area contributed by atoms with Crippen LogP contribution in [0, 0.1) is 0 Å². The van der Waals surface area contributed by atoms with Crippen LogP contribution in [0.5, 0.6) is 0 Å². The summed E-state index contributed by atoms with van der Waals surface area (Å²) in [5.74, 6) is 1.08. The number of benzene rings is 1. The Morgan fingerprint density at radius 1 is 1.29 bits per heavy atom. The Bertz CT molecular complexity index is 744. The molecular formula is C16H20N4S. The molecule has 0 radical (unpaired) electrons.